The zero-order valence-corrected chi connectivity index (χ0v) is 17.9. The highest BCUT2D eigenvalue weighted by molar-refractivity contribution is 6.00. The van der Waals surface area contributed by atoms with Gasteiger partial charge < -0.3 is 24.1 Å². The van der Waals surface area contributed by atoms with Crippen molar-refractivity contribution in [2.75, 3.05) is 6.54 Å². The summed E-state index contributed by atoms with van der Waals surface area (Å²) in [4.78, 5) is 35.3. The molecule has 7 nitrogen and oxygen atoms in total. The SMILES string of the molecule is Cc1c(CC(=O)NCCCC(=O)[O-])c(=O)oc2c(C)c3occ(C(C)(C)C)c3cc12. The first-order chi connectivity index (χ1) is 14.0. The van der Waals surface area contributed by atoms with E-state index in [4.69, 9.17) is 8.83 Å². The molecule has 0 aliphatic heterocycles. The molecule has 0 aliphatic carbocycles. The highest BCUT2D eigenvalue weighted by Gasteiger charge is 2.24. The number of carbonyl (C=O) groups is 2. The van der Waals surface area contributed by atoms with Crippen LogP contribution in [0.2, 0.25) is 0 Å². The molecule has 3 aromatic rings. The second-order valence-corrected chi connectivity index (χ2v) is 8.65. The molecular weight excluding hydrogens is 386 g/mol. The van der Waals surface area contributed by atoms with Crippen molar-refractivity contribution in [2.45, 2.75) is 59.3 Å². The van der Waals surface area contributed by atoms with E-state index in [-0.39, 0.29) is 37.1 Å². The Kier molecular flexibility index (Phi) is 5.74. The van der Waals surface area contributed by atoms with E-state index in [2.05, 4.69) is 26.1 Å². The number of furan rings is 1. The van der Waals surface area contributed by atoms with Gasteiger partial charge in [0, 0.05) is 34.4 Å². The maximum absolute atomic E-state index is 12.6. The third-order valence-electron chi connectivity index (χ3n) is 5.37. The Balaban J connectivity index is 2.01. The standard InChI is InChI=1S/C23H27NO6/c1-12-14-9-16-17(23(3,4)5)11-29-20(16)13(2)21(14)30-22(28)15(12)10-18(25)24-8-6-7-19(26)27/h9,11H,6-8,10H2,1-5H3,(H,24,25)(H,26,27)/p-1. The molecule has 2 aromatic heterocycles. The van der Waals surface area contributed by atoms with E-state index in [1.54, 1.807) is 13.2 Å². The van der Waals surface area contributed by atoms with Gasteiger partial charge in [-0.15, -0.1) is 0 Å². The first kappa shape index (κ1) is 21.6. The fourth-order valence-corrected chi connectivity index (χ4v) is 3.66. The molecule has 1 amide bonds. The molecular formula is C23H26NO6-. The molecule has 0 bridgehead atoms. The average Bonchev–Trinajstić information content (AvgIpc) is 3.08. The molecule has 30 heavy (non-hydrogen) atoms. The van der Waals surface area contributed by atoms with E-state index in [0.717, 1.165) is 21.9 Å². The minimum Gasteiger partial charge on any atom is -0.550 e. The number of aliphatic carboxylic acids is 1. The van der Waals surface area contributed by atoms with Crippen LogP contribution < -0.4 is 16.0 Å². The number of rotatable bonds is 6. The Morgan fingerprint density at radius 3 is 2.43 bits per heavy atom. The van der Waals surface area contributed by atoms with Crippen molar-refractivity contribution in [3.63, 3.8) is 0 Å². The number of fused-ring (bicyclic) bond motifs is 2. The number of amides is 1. The van der Waals surface area contributed by atoms with Crippen LogP contribution in [-0.2, 0) is 21.4 Å². The van der Waals surface area contributed by atoms with Gasteiger partial charge in [0.1, 0.15) is 11.2 Å². The lowest BCUT2D eigenvalue weighted by atomic mass is 9.86. The molecule has 0 fully saturated rings. The van der Waals surface area contributed by atoms with E-state index in [0.29, 0.717) is 22.3 Å². The van der Waals surface area contributed by atoms with Crippen molar-refractivity contribution in [3.05, 3.63) is 45.0 Å². The van der Waals surface area contributed by atoms with Crippen LogP contribution in [-0.4, -0.2) is 18.4 Å². The number of hydrogen-bond acceptors (Lipinski definition) is 6. The normalized spacial score (nSPS) is 11.9. The lowest BCUT2D eigenvalue weighted by Crippen LogP contribution is -2.30. The lowest BCUT2D eigenvalue weighted by molar-refractivity contribution is -0.305. The average molecular weight is 412 g/mol. The molecule has 0 radical (unpaired) electrons. The quantitative estimate of drug-likeness (QED) is 0.492. The molecule has 3 rings (SSSR count). The van der Waals surface area contributed by atoms with Gasteiger partial charge in [0.05, 0.1) is 18.2 Å². The molecule has 1 N–H and O–H groups in total. The summed E-state index contributed by atoms with van der Waals surface area (Å²) in [7, 11) is 0. The van der Waals surface area contributed by atoms with Gasteiger partial charge in [0.2, 0.25) is 5.91 Å². The number of hydrogen-bond donors (Lipinski definition) is 1. The van der Waals surface area contributed by atoms with Crippen LogP contribution in [0.5, 0.6) is 0 Å². The van der Waals surface area contributed by atoms with Crippen molar-refractivity contribution in [3.8, 4) is 0 Å². The molecule has 0 saturated carbocycles. The summed E-state index contributed by atoms with van der Waals surface area (Å²) in [5.74, 6) is -1.52. The smallest absolute Gasteiger partial charge is 0.340 e. The summed E-state index contributed by atoms with van der Waals surface area (Å²) in [5.41, 5.74) is 3.25. The monoisotopic (exact) mass is 412 g/mol. The van der Waals surface area contributed by atoms with Crippen LogP contribution in [0.25, 0.3) is 21.9 Å². The number of carbonyl (C=O) groups excluding carboxylic acids is 2. The van der Waals surface area contributed by atoms with Crippen LogP contribution in [0.1, 0.15) is 55.9 Å². The topological polar surface area (TPSA) is 113 Å². The second kappa shape index (κ2) is 7.97. The van der Waals surface area contributed by atoms with Gasteiger partial charge in [-0.25, -0.2) is 4.79 Å². The van der Waals surface area contributed by atoms with Gasteiger partial charge in [0.15, 0.2) is 0 Å². The lowest BCUT2D eigenvalue weighted by Gasteiger charge is -2.17. The predicted molar refractivity (Wildman–Crippen MR) is 111 cm³/mol. The summed E-state index contributed by atoms with van der Waals surface area (Å²) >= 11 is 0. The summed E-state index contributed by atoms with van der Waals surface area (Å²) < 4.78 is 11.4. The highest BCUT2D eigenvalue weighted by atomic mass is 16.4. The minimum atomic E-state index is -1.16. The van der Waals surface area contributed by atoms with E-state index in [1.165, 1.54) is 0 Å². The zero-order chi connectivity index (χ0) is 22.2. The van der Waals surface area contributed by atoms with Crippen LogP contribution in [0.3, 0.4) is 0 Å². The number of carboxylic acid groups (broad SMARTS) is 1. The van der Waals surface area contributed by atoms with Crippen LogP contribution in [0.15, 0.2) is 26.0 Å². The van der Waals surface area contributed by atoms with Crippen molar-refractivity contribution in [1.82, 2.24) is 5.32 Å². The Morgan fingerprint density at radius 1 is 1.10 bits per heavy atom. The van der Waals surface area contributed by atoms with Crippen LogP contribution in [0.4, 0.5) is 0 Å². The minimum absolute atomic E-state index is 0.122. The maximum Gasteiger partial charge on any atom is 0.340 e. The number of benzene rings is 1. The van der Waals surface area contributed by atoms with Crippen molar-refractivity contribution >= 4 is 33.8 Å². The summed E-state index contributed by atoms with van der Waals surface area (Å²) in [6.45, 7) is 10.2. The van der Waals surface area contributed by atoms with Gasteiger partial charge in [-0.2, -0.15) is 0 Å². The third kappa shape index (κ3) is 4.10. The van der Waals surface area contributed by atoms with E-state index in [9.17, 15) is 19.5 Å². The van der Waals surface area contributed by atoms with E-state index >= 15 is 0 Å². The third-order valence-corrected chi connectivity index (χ3v) is 5.37. The molecule has 1 aromatic carbocycles. The second-order valence-electron chi connectivity index (χ2n) is 8.65. The van der Waals surface area contributed by atoms with Crippen molar-refractivity contribution < 1.29 is 23.5 Å². The summed E-state index contributed by atoms with van der Waals surface area (Å²) in [6, 6.07) is 1.96. The number of aryl methyl sites for hydroxylation is 2. The number of nitrogens with one attached hydrogen (secondary N) is 1. The molecule has 0 atom stereocenters. The Hall–Kier alpha value is -3.09. The molecule has 0 unspecified atom stereocenters. The van der Waals surface area contributed by atoms with Crippen molar-refractivity contribution in [1.29, 1.82) is 0 Å². The van der Waals surface area contributed by atoms with Crippen LogP contribution >= 0.6 is 0 Å². The first-order valence-electron chi connectivity index (χ1n) is 9.94. The van der Waals surface area contributed by atoms with Gasteiger partial charge in [-0.05, 0) is 43.7 Å². The molecule has 0 saturated heterocycles. The van der Waals surface area contributed by atoms with Gasteiger partial charge in [-0.1, -0.05) is 20.8 Å². The van der Waals surface area contributed by atoms with Gasteiger partial charge in [0.25, 0.3) is 0 Å². The fourth-order valence-electron chi connectivity index (χ4n) is 3.66. The Morgan fingerprint density at radius 2 is 1.80 bits per heavy atom. The summed E-state index contributed by atoms with van der Waals surface area (Å²) in [5, 5.41) is 14.8. The number of carboxylic acids is 1. The van der Waals surface area contributed by atoms with Gasteiger partial charge >= 0.3 is 5.63 Å². The molecule has 2 heterocycles. The molecule has 0 spiro atoms. The Labute approximate surface area is 174 Å². The first-order valence-corrected chi connectivity index (χ1v) is 9.94. The molecule has 7 heteroatoms. The van der Waals surface area contributed by atoms with Crippen LogP contribution in [0, 0.1) is 13.8 Å². The predicted octanol–water partition coefficient (Wildman–Crippen LogP) is 2.64. The highest BCUT2D eigenvalue weighted by Crippen LogP contribution is 2.37. The van der Waals surface area contributed by atoms with E-state index in [1.807, 2.05) is 13.0 Å². The van der Waals surface area contributed by atoms with Crippen molar-refractivity contribution in [2.24, 2.45) is 0 Å². The fraction of sp³-hybridized carbons (Fsp3) is 0.435. The summed E-state index contributed by atoms with van der Waals surface area (Å²) in [6.07, 6.45) is 1.75. The maximum atomic E-state index is 12.6. The van der Waals surface area contributed by atoms with Gasteiger partial charge in [-0.3, -0.25) is 4.79 Å². The largest absolute Gasteiger partial charge is 0.550 e. The molecule has 160 valence electrons. The molecule has 0 aliphatic rings. The zero-order valence-electron chi connectivity index (χ0n) is 17.9. The Bertz CT molecular complexity index is 1190. The van der Waals surface area contributed by atoms with E-state index < -0.39 is 11.6 Å².